The third-order valence-corrected chi connectivity index (χ3v) is 2.97. The van der Waals surface area contributed by atoms with E-state index in [-0.39, 0.29) is 11.7 Å². The molecule has 0 unspecified atom stereocenters. The Morgan fingerprint density at radius 3 is 2.88 bits per heavy atom. The summed E-state index contributed by atoms with van der Waals surface area (Å²) >= 11 is 1.77. The Hall–Kier alpha value is -1.16. The Labute approximate surface area is 100 Å². The second kappa shape index (κ2) is 6.43. The largest absolute Gasteiger partial charge is 0.508 e. The lowest BCUT2D eigenvalue weighted by Gasteiger charge is -2.06. The molecule has 1 rings (SSSR count). The molecular weight excluding hydrogens is 222 g/mol. The summed E-state index contributed by atoms with van der Waals surface area (Å²) in [5.41, 5.74) is 1.32. The molecule has 0 bridgehead atoms. The summed E-state index contributed by atoms with van der Waals surface area (Å²) in [6, 6.07) is 4.87. The number of phenols is 1. The second-order valence-electron chi connectivity index (χ2n) is 3.60. The van der Waals surface area contributed by atoms with E-state index in [0.717, 1.165) is 17.7 Å². The van der Waals surface area contributed by atoms with Gasteiger partial charge >= 0.3 is 0 Å². The number of phenolic OH excluding ortho intramolecular Hbond substituents is 1. The van der Waals surface area contributed by atoms with Gasteiger partial charge in [0.05, 0.1) is 0 Å². The van der Waals surface area contributed by atoms with Crippen molar-refractivity contribution in [1.82, 2.24) is 5.32 Å². The van der Waals surface area contributed by atoms with Crippen molar-refractivity contribution in [3.63, 3.8) is 0 Å². The maximum absolute atomic E-state index is 11.7. The molecule has 0 aliphatic rings. The van der Waals surface area contributed by atoms with Crippen LogP contribution in [0.15, 0.2) is 18.2 Å². The topological polar surface area (TPSA) is 49.3 Å². The number of hydrogen-bond donors (Lipinski definition) is 2. The number of carbonyl (C=O) groups excluding carboxylic acids is 1. The highest BCUT2D eigenvalue weighted by atomic mass is 32.2. The Morgan fingerprint density at radius 1 is 1.50 bits per heavy atom. The minimum atomic E-state index is -0.0794. The fourth-order valence-electron chi connectivity index (χ4n) is 1.32. The van der Waals surface area contributed by atoms with Crippen LogP contribution >= 0.6 is 11.8 Å². The average Bonchev–Trinajstić information content (AvgIpc) is 2.28. The molecule has 0 heterocycles. The van der Waals surface area contributed by atoms with Gasteiger partial charge in [0.1, 0.15) is 5.75 Å². The Morgan fingerprint density at radius 2 is 2.25 bits per heavy atom. The molecule has 1 aromatic carbocycles. The van der Waals surface area contributed by atoms with Crippen LogP contribution in [0, 0.1) is 6.92 Å². The molecule has 0 saturated heterocycles. The Kier molecular flexibility index (Phi) is 5.19. The first-order chi connectivity index (χ1) is 7.65. The van der Waals surface area contributed by atoms with Gasteiger partial charge < -0.3 is 10.4 Å². The van der Waals surface area contributed by atoms with Crippen LogP contribution in [0.5, 0.6) is 5.75 Å². The van der Waals surface area contributed by atoms with E-state index in [1.54, 1.807) is 36.9 Å². The van der Waals surface area contributed by atoms with Gasteiger partial charge in [-0.3, -0.25) is 4.79 Å². The van der Waals surface area contributed by atoms with Gasteiger partial charge in [0, 0.05) is 12.1 Å². The first-order valence-corrected chi connectivity index (χ1v) is 6.61. The van der Waals surface area contributed by atoms with Crippen molar-refractivity contribution in [3.8, 4) is 5.75 Å². The lowest BCUT2D eigenvalue weighted by molar-refractivity contribution is 0.0953. The van der Waals surface area contributed by atoms with E-state index < -0.39 is 0 Å². The number of aryl methyl sites for hydroxylation is 1. The van der Waals surface area contributed by atoms with Crippen LogP contribution in [-0.2, 0) is 0 Å². The number of carbonyl (C=O) groups is 1. The van der Waals surface area contributed by atoms with Gasteiger partial charge in [0.25, 0.3) is 5.91 Å². The molecule has 0 saturated carbocycles. The predicted octanol–water partition coefficient (Wildman–Crippen LogP) is 2.18. The van der Waals surface area contributed by atoms with Crippen molar-refractivity contribution in [2.75, 3.05) is 18.6 Å². The molecule has 0 aromatic heterocycles. The molecule has 0 atom stereocenters. The maximum atomic E-state index is 11.7. The third kappa shape index (κ3) is 3.77. The zero-order valence-corrected chi connectivity index (χ0v) is 10.4. The van der Waals surface area contributed by atoms with E-state index in [9.17, 15) is 9.90 Å². The molecule has 88 valence electrons. The molecule has 0 fully saturated rings. The summed E-state index contributed by atoms with van der Waals surface area (Å²) in [5, 5.41) is 12.2. The Bertz CT molecular complexity index is 366. The molecule has 3 nitrogen and oxygen atoms in total. The molecule has 0 spiro atoms. The van der Waals surface area contributed by atoms with Crippen LogP contribution in [0.25, 0.3) is 0 Å². The molecule has 0 aliphatic carbocycles. The van der Waals surface area contributed by atoms with E-state index in [2.05, 4.69) is 5.32 Å². The predicted molar refractivity (Wildman–Crippen MR) is 68.2 cm³/mol. The van der Waals surface area contributed by atoms with Crippen LogP contribution in [0.2, 0.25) is 0 Å². The lowest BCUT2D eigenvalue weighted by atomic mass is 10.1. The van der Waals surface area contributed by atoms with E-state index in [4.69, 9.17) is 0 Å². The zero-order valence-electron chi connectivity index (χ0n) is 9.62. The van der Waals surface area contributed by atoms with Gasteiger partial charge in [-0.2, -0.15) is 11.8 Å². The number of hydrogen-bond acceptors (Lipinski definition) is 3. The molecule has 1 aromatic rings. The van der Waals surface area contributed by atoms with Crippen molar-refractivity contribution in [2.45, 2.75) is 13.3 Å². The van der Waals surface area contributed by atoms with Crippen LogP contribution in [-0.4, -0.2) is 29.6 Å². The van der Waals surface area contributed by atoms with E-state index in [1.807, 2.05) is 6.26 Å². The van der Waals surface area contributed by atoms with Crippen molar-refractivity contribution >= 4 is 17.7 Å². The van der Waals surface area contributed by atoms with E-state index in [0.29, 0.717) is 12.1 Å². The zero-order chi connectivity index (χ0) is 12.0. The fourth-order valence-corrected chi connectivity index (χ4v) is 1.75. The Balaban J connectivity index is 2.50. The van der Waals surface area contributed by atoms with Crippen molar-refractivity contribution in [1.29, 1.82) is 0 Å². The van der Waals surface area contributed by atoms with Gasteiger partial charge in [0.2, 0.25) is 0 Å². The highest BCUT2D eigenvalue weighted by Crippen LogP contribution is 2.16. The lowest BCUT2D eigenvalue weighted by Crippen LogP contribution is -2.24. The van der Waals surface area contributed by atoms with Gasteiger partial charge in [-0.05, 0) is 49.1 Å². The molecular formula is C12H17NO2S. The van der Waals surface area contributed by atoms with E-state index >= 15 is 0 Å². The highest BCUT2D eigenvalue weighted by molar-refractivity contribution is 7.98. The summed E-state index contributed by atoms with van der Waals surface area (Å²) in [6.45, 7) is 2.47. The van der Waals surface area contributed by atoms with Crippen molar-refractivity contribution < 1.29 is 9.90 Å². The molecule has 4 heteroatoms. The number of nitrogens with one attached hydrogen (secondary N) is 1. The normalized spacial score (nSPS) is 10.1. The fraction of sp³-hybridized carbons (Fsp3) is 0.417. The molecule has 2 N–H and O–H groups in total. The van der Waals surface area contributed by atoms with Crippen LogP contribution < -0.4 is 5.32 Å². The van der Waals surface area contributed by atoms with Crippen LogP contribution in [0.3, 0.4) is 0 Å². The standard InChI is InChI=1S/C12H17NO2S/c1-9-8-10(4-5-11(9)14)12(15)13-6-3-7-16-2/h4-5,8,14H,3,6-7H2,1-2H3,(H,13,15). The summed E-state index contributed by atoms with van der Waals surface area (Å²) in [5.74, 6) is 1.19. The van der Waals surface area contributed by atoms with Gasteiger partial charge in [-0.15, -0.1) is 0 Å². The van der Waals surface area contributed by atoms with Crippen molar-refractivity contribution in [3.05, 3.63) is 29.3 Å². The SMILES string of the molecule is CSCCCNC(=O)c1ccc(O)c(C)c1. The van der Waals surface area contributed by atoms with E-state index in [1.165, 1.54) is 0 Å². The molecule has 16 heavy (non-hydrogen) atoms. The smallest absolute Gasteiger partial charge is 0.251 e. The quantitative estimate of drug-likeness (QED) is 0.774. The number of aromatic hydroxyl groups is 1. The number of benzene rings is 1. The molecule has 0 aliphatic heterocycles. The number of amides is 1. The first-order valence-electron chi connectivity index (χ1n) is 5.22. The summed E-state index contributed by atoms with van der Waals surface area (Å²) < 4.78 is 0. The summed E-state index contributed by atoms with van der Waals surface area (Å²) in [6.07, 6.45) is 3.02. The maximum Gasteiger partial charge on any atom is 0.251 e. The van der Waals surface area contributed by atoms with Gasteiger partial charge in [0.15, 0.2) is 0 Å². The summed E-state index contributed by atoms with van der Waals surface area (Å²) in [7, 11) is 0. The third-order valence-electron chi connectivity index (χ3n) is 2.27. The van der Waals surface area contributed by atoms with Crippen LogP contribution in [0.4, 0.5) is 0 Å². The second-order valence-corrected chi connectivity index (χ2v) is 4.59. The minimum Gasteiger partial charge on any atom is -0.508 e. The number of rotatable bonds is 5. The molecule has 0 radical (unpaired) electrons. The highest BCUT2D eigenvalue weighted by Gasteiger charge is 2.06. The van der Waals surface area contributed by atoms with Crippen molar-refractivity contribution in [2.24, 2.45) is 0 Å². The number of thioether (sulfide) groups is 1. The monoisotopic (exact) mass is 239 g/mol. The molecule has 1 amide bonds. The first kappa shape index (κ1) is 12.9. The summed E-state index contributed by atoms with van der Waals surface area (Å²) in [4.78, 5) is 11.7. The van der Waals surface area contributed by atoms with Crippen LogP contribution in [0.1, 0.15) is 22.3 Å². The van der Waals surface area contributed by atoms with Gasteiger partial charge in [-0.25, -0.2) is 0 Å². The average molecular weight is 239 g/mol. The minimum absolute atomic E-state index is 0.0794. The van der Waals surface area contributed by atoms with Gasteiger partial charge in [-0.1, -0.05) is 0 Å².